The Kier molecular flexibility index (Phi) is 6.18. The molecule has 1 heterocycles. The minimum Gasteiger partial charge on any atom is -0.493 e. The summed E-state index contributed by atoms with van der Waals surface area (Å²) in [5.41, 5.74) is 0.945. The van der Waals surface area contributed by atoms with E-state index in [2.05, 4.69) is 0 Å². The molecule has 0 radical (unpaired) electrons. The lowest BCUT2D eigenvalue weighted by Gasteiger charge is -2.10. The molecule has 0 fully saturated rings. The first kappa shape index (κ1) is 16.3. The number of methoxy groups -OCH3 is 2. The highest BCUT2D eigenvalue weighted by Gasteiger charge is 2.06. The molecule has 0 saturated heterocycles. The van der Waals surface area contributed by atoms with Gasteiger partial charge in [0.05, 0.1) is 12.0 Å². The number of hydrogen-bond donors (Lipinski definition) is 0. The molecule has 0 saturated carbocycles. The van der Waals surface area contributed by atoms with Gasteiger partial charge in [0.25, 0.3) is 0 Å². The van der Waals surface area contributed by atoms with Gasteiger partial charge >= 0.3 is 0 Å². The van der Waals surface area contributed by atoms with E-state index in [1.807, 2.05) is 47.9 Å². The molecule has 22 heavy (non-hydrogen) atoms. The SMILES string of the molecule is COCOc1ccc(/C=C/CC(=O)c2cccs2)cc1OC. The minimum atomic E-state index is 0.123. The van der Waals surface area contributed by atoms with Gasteiger partial charge in [0.1, 0.15) is 0 Å². The van der Waals surface area contributed by atoms with E-state index in [1.165, 1.54) is 11.3 Å². The molecule has 0 spiro atoms. The van der Waals surface area contributed by atoms with Crippen LogP contribution >= 0.6 is 11.3 Å². The third-order valence-electron chi connectivity index (χ3n) is 2.93. The van der Waals surface area contributed by atoms with E-state index < -0.39 is 0 Å². The Morgan fingerprint density at radius 2 is 2.09 bits per heavy atom. The smallest absolute Gasteiger partial charge is 0.188 e. The molecule has 2 aromatic rings. The maximum absolute atomic E-state index is 11.9. The van der Waals surface area contributed by atoms with Gasteiger partial charge in [-0.05, 0) is 29.1 Å². The van der Waals surface area contributed by atoms with Gasteiger partial charge in [-0.15, -0.1) is 11.3 Å². The van der Waals surface area contributed by atoms with Crippen LogP contribution in [0.2, 0.25) is 0 Å². The second kappa shape index (κ2) is 8.36. The zero-order valence-corrected chi connectivity index (χ0v) is 13.4. The van der Waals surface area contributed by atoms with Gasteiger partial charge in [0, 0.05) is 13.5 Å². The molecule has 2 rings (SSSR count). The van der Waals surface area contributed by atoms with E-state index in [9.17, 15) is 4.79 Å². The molecule has 0 aliphatic carbocycles. The van der Waals surface area contributed by atoms with Crippen molar-refractivity contribution >= 4 is 23.2 Å². The second-order valence-corrected chi connectivity index (χ2v) is 5.42. The minimum absolute atomic E-state index is 0.123. The average Bonchev–Trinajstić information content (AvgIpc) is 3.07. The van der Waals surface area contributed by atoms with Crippen molar-refractivity contribution in [3.05, 3.63) is 52.2 Å². The fraction of sp³-hybridized carbons (Fsp3) is 0.235. The quantitative estimate of drug-likeness (QED) is 0.544. The number of allylic oxidation sites excluding steroid dienone is 1. The van der Waals surface area contributed by atoms with Crippen LogP contribution in [0.25, 0.3) is 6.08 Å². The van der Waals surface area contributed by atoms with Crippen LogP contribution in [0.15, 0.2) is 41.8 Å². The number of carbonyl (C=O) groups is 1. The second-order valence-electron chi connectivity index (χ2n) is 4.47. The van der Waals surface area contributed by atoms with Crippen molar-refractivity contribution in [2.75, 3.05) is 21.0 Å². The van der Waals surface area contributed by atoms with Crippen molar-refractivity contribution in [3.63, 3.8) is 0 Å². The Labute approximate surface area is 133 Å². The number of benzene rings is 1. The molecule has 0 N–H and O–H groups in total. The topological polar surface area (TPSA) is 44.8 Å². The van der Waals surface area contributed by atoms with Gasteiger partial charge in [-0.25, -0.2) is 0 Å². The monoisotopic (exact) mass is 318 g/mol. The number of thiophene rings is 1. The van der Waals surface area contributed by atoms with E-state index in [4.69, 9.17) is 14.2 Å². The predicted molar refractivity (Wildman–Crippen MR) is 87.8 cm³/mol. The van der Waals surface area contributed by atoms with Crippen molar-refractivity contribution in [3.8, 4) is 11.5 Å². The zero-order valence-electron chi connectivity index (χ0n) is 12.6. The normalized spacial score (nSPS) is 10.8. The Morgan fingerprint density at radius 3 is 2.77 bits per heavy atom. The van der Waals surface area contributed by atoms with Crippen LogP contribution in [0, 0.1) is 0 Å². The van der Waals surface area contributed by atoms with Crippen LogP contribution in [-0.2, 0) is 4.74 Å². The molecule has 0 amide bonds. The standard InChI is InChI=1S/C17H18O4S/c1-19-12-21-15-9-8-13(11-16(15)20-2)5-3-6-14(18)17-7-4-10-22-17/h3-5,7-11H,6,12H2,1-2H3/b5-3+. The number of Topliss-reactive ketones (excluding diaryl/α,β-unsaturated/α-hetero) is 1. The van der Waals surface area contributed by atoms with Gasteiger partial charge in [-0.1, -0.05) is 24.3 Å². The van der Waals surface area contributed by atoms with E-state index in [0.29, 0.717) is 17.9 Å². The number of hydrogen-bond acceptors (Lipinski definition) is 5. The molecule has 5 heteroatoms. The molecular weight excluding hydrogens is 300 g/mol. The van der Waals surface area contributed by atoms with Crippen molar-refractivity contribution in [2.45, 2.75) is 6.42 Å². The third kappa shape index (κ3) is 4.44. The Bertz CT molecular complexity index is 632. The predicted octanol–water partition coefficient (Wildman–Crippen LogP) is 4.03. The molecular formula is C17H18O4S. The summed E-state index contributed by atoms with van der Waals surface area (Å²) in [5, 5.41) is 1.90. The van der Waals surface area contributed by atoms with Crippen LogP contribution in [0.3, 0.4) is 0 Å². The summed E-state index contributed by atoms with van der Waals surface area (Å²) in [4.78, 5) is 12.7. The van der Waals surface area contributed by atoms with Crippen molar-refractivity contribution in [1.82, 2.24) is 0 Å². The highest BCUT2D eigenvalue weighted by Crippen LogP contribution is 2.28. The fourth-order valence-electron chi connectivity index (χ4n) is 1.87. The fourth-order valence-corrected chi connectivity index (χ4v) is 2.55. The zero-order chi connectivity index (χ0) is 15.8. The summed E-state index contributed by atoms with van der Waals surface area (Å²) in [5.74, 6) is 1.37. The van der Waals surface area contributed by atoms with Crippen LogP contribution in [0.4, 0.5) is 0 Å². The molecule has 0 aliphatic rings. The van der Waals surface area contributed by atoms with Crippen LogP contribution in [0.1, 0.15) is 21.7 Å². The summed E-state index contributed by atoms with van der Waals surface area (Å²) in [6, 6.07) is 9.30. The van der Waals surface area contributed by atoms with Gasteiger partial charge < -0.3 is 14.2 Å². The van der Waals surface area contributed by atoms with E-state index in [-0.39, 0.29) is 12.6 Å². The van der Waals surface area contributed by atoms with Gasteiger partial charge in [-0.3, -0.25) is 4.79 Å². The molecule has 116 valence electrons. The largest absolute Gasteiger partial charge is 0.493 e. The van der Waals surface area contributed by atoms with Crippen LogP contribution < -0.4 is 9.47 Å². The number of ether oxygens (including phenoxy) is 3. The van der Waals surface area contributed by atoms with Gasteiger partial charge in [0.15, 0.2) is 24.1 Å². The molecule has 0 unspecified atom stereocenters. The highest BCUT2D eigenvalue weighted by molar-refractivity contribution is 7.12. The molecule has 0 atom stereocenters. The Morgan fingerprint density at radius 1 is 1.23 bits per heavy atom. The van der Waals surface area contributed by atoms with Crippen LogP contribution in [0.5, 0.6) is 11.5 Å². The maximum Gasteiger partial charge on any atom is 0.188 e. The van der Waals surface area contributed by atoms with Gasteiger partial charge in [-0.2, -0.15) is 0 Å². The first-order valence-corrected chi connectivity index (χ1v) is 7.65. The lowest BCUT2D eigenvalue weighted by molar-refractivity contribution is 0.0491. The molecule has 0 aliphatic heterocycles. The number of rotatable bonds is 8. The maximum atomic E-state index is 11.9. The lowest BCUT2D eigenvalue weighted by atomic mass is 10.1. The summed E-state index contributed by atoms with van der Waals surface area (Å²) in [7, 11) is 3.15. The van der Waals surface area contributed by atoms with Crippen molar-refractivity contribution in [1.29, 1.82) is 0 Å². The summed E-state index contributed by atoms with van der Waals surface area (Å²) >= 11 is 1.46. The lowest BCUT2D eigenvalue weighted by Crippen LogP contribution is -2.00. The van der Waals surface area contributed by atoms with Crippen molar-refractivity contribution < 1.29 is 19.0 Å². The average molecular weight is 318 g/mol. The molecule has 0 bridgehead atoms. The summed E-state index contributed by atoms with van der Waals surface area (Å²) < 4.78 is 15.6. The first-order valence-electron chi connectivity index (χ1n) is 6.77. The first-order chi connectivity index (χ1) is 10.7. The Balaban J connectivity index is 2.00. The summed E-state index contributed by atoms with van der Waals surface area (Å²) in [6.07, 6.45) is 4.13. The number of ketones is 1. The molecule has 1 aromatic carbocycles. The third-order valence-corrected chi connectivity index (χ3v) is 3.84. The Hall–Kier alpha value is -2.11. The summed E-state index contributed by atoms with van der Waals surface area (Å²) in [6.45, 7) is 0.168. The van der Waals surface area contributed by atoms with Gasteiger partial charge in [0.2, 0.25) is 0 Å². The number of carbonyl (C=O) groups excluding carboxylic acids is 1. The van der Waals surface area contributed by atoms with E-state index in [0.717, 1.165) is 10.4 Å². The highest BCUT2D eigenvalue weighted by atomic mass is 32.1. The van der Waals surface area contributed by atoms with E-state index >= 15 is 0 Å². The molecule has 4 nitrogen and oxygen atoms in total. The van der Waals surface area contributed by atoms with E-state index in [1.54, 1.807) is 14.2 Å². The van der Waals surface area contributed by atoms with Crippen LogP contribution in [-0.4, -0.2) is 26.8 Å². The van der Waals surface area contributed by atoms with Crippen molar-refractivity contribution in [2.24, 2.45) is 0 Å². The molecule has 1 aromatic heterocycles.